The lowest BCUT2D eigenvalue weighted by molar-refractivity contribution is 0.0940. The number of amides is 1. The van der Waals surface area contributed by atoms with E-state index in [0.717, 1.165) is 27.9 Å². The molecule has 1 aromatic heterocycles. The van der Waals surface area contributed by atoms with E-state index in [1.807, 2.05) is 67.6 Å². The van der Waals surface area contributed by atoms with Crippen molar-refractivity contribution in [1.29, 1.82) is 0 Å². The van der Waals surface area contributed by atoms with Crippen LogP contribution in [0.2, 0.25) is 0 Å². The Labute approximate surface area is 163 Å². The topological polar surface area (TPSA) is 59.8 Å². The number of carbonyl (C=O) groups is 1. The summed E-state index contributed by atoms with van der Waals surface area (Å²) in [6.45, 7) is 2.42. The lowest BCUT2D eigenvalue weighted by Gasteiger charge is -2.10. The number of rotatable bonds is 5. The normalized spacial score (nSPS) is 10.6. The van der Waals surface area contributed by atoms with Crippen LogP contribution in [-0.2, 0) is 6.54 Å². The van der Waals surface area contributed by atoms with Crippen LogP contribution in [0.3, 0.4) is 0 Å². The molecule has 0 radical (unpaired) electrons. The van der Waals surface area contributed by atoms with Gasteiger partial charge in [0.05, 0.1) is 5.69 Å². The Kier molecular flexibility index (Phi) is 4.97. The number of carbonyl (C=O) groups excluding carboxylic acids is 1. The zero-order valence-corrected chi connectivity index (χ0v) is 15.5. The van der Waals surface area contributed by atoms with Crippen LogP contribution in [-0.4, -0.2) is 20.7 Å². The standard InChI is InChI=1S/C23H20N4O/c1-17-8-7-12-20(14-17)27-16-25-22(26-27)23(28)24-15-19-11-5-6-13-21(19)18-9-3-2-4-10-18/h2-14,16H,15H2,1H3,(H,24,28). The molecule has 4 aromatic rings. The van der Waals surface area contributed by atoms with Crippen LogP contribution < -0.4 is 5.32 Å². The van der Waals surface area contributed by atoms with Gasteiger partial charge in [0.2, 0.25) is 5.82 Å². The lowest BCUT2D eigenvalue weighted by Crippen LogP contribution is -2.24. The summed E-state index contributed by atoms with van der Waals surface area (Å²) in [5, 5.41) is 7.23. The Morgan fingerprint density at radius 1 is 0.964 bits per heavy atom. The highest BCUT2D eigenvalue weighted by atomic mass is 16.2. The van der Waals surface area contributed by atoms with E-state index in [2.05, 4.69) is 33.6 Å². The molecule has 0 aliphatic rings. The van der Waals surface area contributed by atoms with E-state index in [1.54, 1.807) is 11.0 Å². The molecule has 0 aliphatic heterocycles. The molecule has 0 saturated heterocycles. The molecule has 0 fully saturated rings. The van der Waals surface area contributed by atoms with Crippen molar-refractivity contribution in [2.24, 2.45) is 0 Å². The maximum Gasteiger partial charge on any atom is 0.291 e. The molecule has 5 nitrogen and oxygen atoms in total. The molecule has 0 saturated carbocycles. The fraction of sp³-hybridized carbons (Fsp3) is 0.0870. The molecule has 1 heterocycles. The van der Waals surface area contributed by atoms with E-state index in [0.29, 0.717) is 6.54 Å². The first-order chi connectivity index (χ1) is 13.7. The van der Waals surface area contributed by atoms with E-state index >= 15 is 0 Å². The van der Waals surface area contributed by atoms with Crippen molar-refractivity contribution in [3.63, 3.8) is 0 Å². The predicted molar refractivity (Wildman–Crippen MR) is 109 cm³/mol. The number of nitrogens with zero attached hydrogens (tertiary/aromatic N) is 3. The summed E-state index contributed by atoms with van der Waals surface area (Å²) in [7, 11) is 0. The van der Waals surface area contributed by atoms with Crippen LogP contribution >= 0.6 is 0 Å². The van der Waals surface area contributed by atoms with Gasteiger partial charge in [-0.2, -0.15) is 0 Å². The Bertz CT molecular complexity index is 1100. The molecule has 5 heteroatoms. The van der Waals surface area contributed by atoms with Gasteiger partial charge in [0.15, 0.2) is 0 Å². The summed E-state index contributed by atoms with van der Waals surface area (Å²) < 4.78 is 1.61. The Morgan fingerprint density at radius 3 is 2.57 bits per heavy atom. The van der Waals surface area contributed by atoms with Crippen LogP contribution in [0.25, 0.3) is 16.8 Å². The van der Waals surface area contributed by atoms with Crippen LogP contribution in [0.5, 0.6) is 0 Å². The first-order valence-corrected chi connectivity index (χ1v) is 9.11. The summed E-state index contributed by atoms with van der Waals surface area (Å²) in [6.07, 6.45) is 1.56. The fourth-order valence-corrected chi connectivity index (χ4v) is 3.09. The van der Waals surface area contributed by atoms with E-state index in [9.17, 15) is 4.79 Å². The third-order valence-corrected chi connectivity index (χ3v) is 4.50. The summed E-state index contributed by atoms with van der Waals surface area (Å²) in [6, 6.07) is 26.1. The molecular weight excluding hydrogens is 348 g/mol. The highest BCUT2D eigenvalue weighted by Crippen LogP contribution is 2.23. The summed E-state index contributed by atoms with van der Waals surface area (Å²) in [4.78, 5) is 16.7. The number of aromatic nitrogens is 3. The summed E-state index contributed by atoms with van der Waals surface area (Å²) >= 11 is 0. The highest BCUT2D eigenvalue weighted by molar-refractivity contribution is 5.90. The van der Waals surface area contributed by atoms with Crippen LogP contribution in [0.4, 0.5) is 0 Å². The van der Waals surface area contributed by atoms with Gasteiger partial charge in [-0.15, -0.1) is 5.10 Å². The van der Waals surface area contributed by atoms with Crippen molar-refractivity contribution in [2.75, 3.05) is 0 Å². The maximum atomic E-state index is 12.5. The van der Waals surface area contributed by atoms with Crippen LogP contribution in [0, 0.1) is 6.92 Å². The second kappa shape index (κ2) is 7.88. The number of benzene rings is 3. The second-order valence-electron chi connectivity index (χ2n) is 6.56. The van der Waals surface area contributed by atoms with Gasteiger partial charge < -0.3 is 5.32 Å². The Hall–Kier alpha value is -3.73. The van der Waals surface area contributed by atoms with Gasteiger partial charge >= 0.3 is 0 Å². The first-order valence-electron chi connectivity index (χ1n) is 9.11. The van der Waals surface area contributed by atoms with E-state index in [1.165, 1.54) is 0 Å². The minimum atomic E-state index is -0.297. The molecule has 1 amide bonds. The average Bonchev–Trinajstić information content (AvgIpc) is 3.23. The van der Waals surface area contributed by atoms with Gasteiger partial charge in [0.25, 0.3) is 5.91 Å². The van der Waals surface area contributed by atoms with Crippen molar-refractivity contribution in [2.45, 2.75) is 13.5 Å². The van der Waals surface area contributed by atoms with Gasteiger partial charge in [-0.1, -0.05) is 66.7 Å². The molecule has 1 N–H and O–H groups in total. The largest absolute Gasteiger partial charge is 0.345 e. The first kappa shape index (κ1) is 17.7. The molecule has 28 heavy (non-hydrogen) atoms. The molecular formula is C23H20N4O. The monoisotopic (exact) mass is 368 g/mol. The Balaban J connectivity index is 1.49. The smallest absolute Gasteiger partial charge is 0.291 e. The number of aryl methyl sites for hydroxylation is 1. The van der Waals surface area contributed by atoms with Crippen molar-refractivity contribution in [3.8, 4) is 16.8 Å². The molecule has 0 atom stereocenters. The molecule has 3 aromatic carbocycles. The van der Waals surface area contributed by atoms with Gasteiger partial charge in [-0.3, -0.25) is 4.79 Å². The summed E-state index contributed by atoms with van der Waals surface area (Å²) in [5.41, 5.74) is 5.26. The molecule has 4 rings (SSSR count). The molecule has 0 unspecified atom stereocenters. The van der Waals surface area contributed by atoms with E-state index < -0.39 is 0 Å². The molecule has 0 bridgehead atoms. The van der Waals surface area contributed by atoms with Crippen LogP contribution in [0.1, 0.15) is 21.7 Å². The van der Waals surface area contributed by atoms with Crippen LogP contribution in [0.15, 0.2) is 85.2 Å². The highest BCUT2D eigenvalue weighted by Gasteiger charge is 2.13. The average molecular weight is 368 g/mol. The van der Waals surface area contributed by atoms with Gasteiger partial charge in [-0.25, -0.2) is 9.67 Å². The number of hydrogen-bond donors (Lipinski definition) is 1. The zero-order valence-electron chi connectivity index (χ0n) is 15.5. The fourth-order valence-electron chi connectivity index (χ4n) is 3.09. The van der Waals surface area contributed by atoms with Crippen molar-refractivity contribution in [3.05, 3.63) is 102 Å². The predicted octanol–water partition coefficient (Wildman–Crippen LogP) is 4.17. The van der Waals surface area contributed by atoms with Crippen molar-refractivity contribution < 1.29 is 4.79 Å². The molecule has 0 aliphatic carbocycles. The minimum absolute atomic E-state index is 0.152. The maximum absolute atomic E-state index is 12.5. The third kappa shape index (κ3) is 3.83. The number of nitrogens with one attached hydrogen (secondary N) is 1. The zero-order chi connectivity index (χ0) is 19.3. The third-order valence-electron chi connectivity index (χ3n) is 4.50. The van der Waals surface area contributed by atoms with Gasteiger partial charge in [0.1, 0.15) is 6.33 Å². The van der Waals surface area contributed by atoms with Crippen molar-refractivity contribution in [1.82, 2.24) is 20.1 Å². The van der Waals surface area contributed by atoms with E-state index in [4.69, 9.17) is 0 Å². The minimum Gasteiger partial charge on any atom is -0.345 e. The van der Waals surface area contributed by atoms with E-state index in [-0.39, 0.29) is 11.7 Å². The SMILES string of the molecule is Cc1cccc(-n2cnc(C(=O)NCc3ccccc3-c3ccccc3)n2)c1. The quantitative estimate of drug-likeness (QED) is 0.575. The molecule has 138 valence electrons. The van der Waals surface area contributed by atoms with Gasteiger partial charge in [-0.05, 0) is 41.3 Å². The second-order valence-corrected chi connectivity index (χ2v) is 6.56. The van der Waals surface area contributed by atoms with Crippen molar-refractivity contribution >= 4 is 5.91 Å². The molecule has 0 spiro atoms. The number of hydrogen-bond acceptors (Lipinski definition) is 3. The summed E-state index contributed by atoms with van der Waals surface area (Å²) in [5.74, 6) is -0.145. The lowest BCUT2D eigenvalue weighted by atomic mass is 10.00. The Morgan fingerprint density at radius 2 is 1.75 bits per heavy atom. The van der Waals surface area contributed by atoms with Gasteiger partial charge in [0, 0.05) is 6.54 Å².